The highest BCUT2D eigenvalue weighted by atomic mass is 127. The largest absolute Gasteiger partial charge is 0.368 e. The number of halogens is 2. The number of aryl methyl sites for hydroxylation is 3. The van der Waals surface area contributed by atoms with Crippen molar-refractivity contribution in [3.8, 4) is 0 Å². The third-order valence-corrected chi connectivity index (χ3v) is 5.56. The van der Waals surface area contributed by atoms with Crippen molar-refractivity contribution in [3.63, 3.8) is 0 Å². The van der Waals surface area contributed by atoms with Crippen LogP contribution in [0.4, 0.5) is 5.69 Å². The van der Waals surface area contributed by atoms with E-state index in [2.05, 4.69) is 83.5 Å². The fourth-order valence-electron chi connectivity index (χ4n) is 3.53. The molecule has 6 nitrogen and oxygen atoms in total. The van der Waals surface area contributed by atoms with Gasteiger partial charge in [-0.3, -0.25) is 9.67 Å². The Morgan fingerprint density at radius 2 is 2.11 bits per heavy atom. The first-order chi connectivity index (χ1) is 13.1. The van der Waals surface area contributed by atoms with Crippen molar-refractivity contribution in [1.82, 2.24) is 20.4 Å². The molecule has 1 aliphatic heterocycles. The van der Waals surface area contributed by atoms with E-state index in [9.17, 15) is 0 Å². The Balaban J connectivity index is 0.00000280. The van der Waals surface area contributed by atoms with E-state index in [0.717, 1.165) is 55.1 Å². The summed E-state index contributed by atoms with van der Waals surface area (Å²) in [6.45, 7) is 7.96. The Morgan fingerprint density at radius 3 is 2.79 bits per heavy atom. The molecule has 0 amide bonds. The molecule has 1 aromatic heterocycles. The zero-order chi connectivity index (χ0) is 19.2. The molecule has 2 aromatic rings. The average molecular weight is 561 g/mol. The molecule has 0 saturated carbocycles. The van der Waals surface area contributed by atoms with Crippen LogP contribution in [0, 0.1) is 13.8 Å². The molecule has 0 aliphatic carbocycles. The summed E-state index contributed by atoms with van der Waals surface area (Å²) >= 11 is 3.65. The summed E-state index contributed by atoms with van der Waals surface area (Å²) in [5.74, 6) is 0.877. The number of nitrogens with one attached hydrogen (secondary N) is 2. The van der Waals surface area contributed by atoms with E-state index in [1.54, 1.807) is 0 Å². The number of hydrogen-bond donors (Lipinski definition) is 2. The third kappa shape index (κ3) is 6.10. The van der Waals surface area contributed by atoms with Gasteiger partial charge < -0.3 is 15.5 Å². The molecule has 2 heterocycles. The molecule has 1 saturated heterocycles. The monoisotopic (exact) mass is 560 g/mol. The lowest BCUT2D eigenvalue weighted by Gasteiger charge is -2.21. The molecule has 2 N–H and O–H groups in total. The molecule has 1 fully saturated rings. The van der Waals surface area contributed by atoms with Crippen LogP contribution in [0.25, 0.3) is 0 Å². The van der Waals surface area contributed by atoms with Crippen LogP contribution in [-0.4, -0.2) is 48.5 Å². The van der Waals surface area contributed by atoms with Crippen LogP contribution < -0.4 is 15.5 Å². The van der Waals surface area contributed by atoms with Crippen molar-refractivity contribution in [2.75, 3.05) is 31.6 Å². The standard InChI is InChI=1S/C20H29BrN6.HI/c1-15-13-16(2)27(25-15)11-6-10-23-20(22-3)24-17-9-12-26(14-17)19-8-5-4-7-18(19)21;/h4-5,7-8,13,17H,6,9-12,14H2,1-3H3,(H2,22,23,24);1H. The predicted molar refractivity (Wildman–Crippen MR) is 131 cm³/mol. The van der Waals surface area contributed by atoms with Gasteiger partial charge in [0.15, 0.2) is 5.96 Å². The molecule has 0 spiro atoms. The maximum atomic E-state index is 4.51. The molecule has 0 bridgehead atoms. The van der Waals surface area contributed by atoms with Crippen LogP contribution in [-0.2, 0) is 6.54 Å². The zero-order valence-electron chi connectivity index (χ0n) is 16.8. The molecule has 1 aromatic carbocycles. The second kappa shape index (κ2) is 11.0. The van der Waals surface area contributed by atoms with E-state index >= 15 is 0 Å². The van der Waals surface area contributed by atoms with Crippen molar-refractivity contribution >= 4 is 51.6 Å². The second-order valence-corrected chi connectivity index (χ2v) is 7.88. The van der Waals surface area contributed by atoms with Gasteiger partial charge in [0.1, 0.15) is 0 Å². The quantitative estimate of drug-likeness (QED) is 0.245. The molecule has 8 heteroatoms. The van der Waals surface area contributed by atoms with Gasteiger partial charge in [-0.05, 0) is 60.8 Å². The molecule has 1 unspecified atom stereocenters. The highest BCUT2D eigenvalue weighted by molar-refractivity contribution is 14.0. The average Bonchev–Trinajstić information content (AvgIpc) is 3.24. The lowest BCUT2D eigenvalue weighted by Crippen LogP contribution is -2.45. The highest BCUT2D eigenvalue weighted by Gasteiger charge is 2.24. The minimum atomic E-state index is 0. The summed E-state index contributed by atoms with van der Waals surface area (Å²) < 4.78 is 3.22. The fourth-order valence-corrected chi connectivity index (χ4v) is 4.07. The lowest BCUT2D eigenvalue weighted by atomic mass is 10.2. The minimum Gasteiger partial charge on any atom is -0.368 e. The highest BCUT2D eigenvalue weighted by Crippen LogP contribution is 2.28. The molecule has 154 valence electrons. The van der Waals surface area contributed by atoms with Crippen molar-refractivity contribution in [1.29, 1.82) is 0 Å². The predicted octanol–water partition coefficient (Wildman–Crippen LogP) is 3.71. The van der Waals surface area contributed by atoms with Crippen molar-refractivity contribution in [3.05, 3.63) is 46.2 Å². The van der Waals surface area contributed by atoms with Gasteiger partial charge in [0.25, 0.3) is 0 Å². The van der Waals surface area contributed by atoms with E-state index < -0.39 is 0 Å². The number of nitrogens with zero attached hydrogens (tertiary/aromatic N) is 4. The number of aromatic nitrogens is 2. The Bertz CT molecular complexity index is 791. The van der Waals surface area contributed by atoms with Gasteiger partial charge in [-0.2, -0.15) is 5.10 Å². The molecule has 1 aliphatic rings. The van der Waals surface area contributed by atoms with Gasteiger partial charge in [0, 0.05) is 49.4 Å². The minimum absolute atomic E-state index is 0. The van der Waals surface area contributed by atoms with Gasteiger partial charge >= 0.3 is 0 Å². The van der Waals surface area contributed by atoms with E-state index in [-0.39, 0.29) is 24.0 Å². The van der Waals surface area contributed by atoms with Gasteiger partial charge in [-0.1, -0.05) is 12.1 Å². The van der Waals surface area contributed by atoms with Crippen LogP contribution in [0.5, 0.6) is 0 Å². The van der Waals surface area contributed by atoms with Gasteiger partial charge in [0.2, 0.25) is 0 Å². The number of para-hydroxylation sites is 1. The normalized spacial score (nSPS) is 16.8. The maximum Gasteiger partial charge on any atom is 0.191 e. The smallest absolute Gasteiger partial charge is 0.191 e. The molecule has 3 rings (SSSR count). The first-order valence-electron chi connectivity index (χ1n) is 9.54. The Labute approximate surface area is 193 Å². The van der Waals surface area contributed by atoms with Crippen molar-refractivity contribution < 1.29 is 0 Å². The maximum absolute atomic E-state index is 4.51. The SMILES string of the molecule is CN=C(NCCCn1nc(C)cc1C)NC1CCN(c2ccccc2Br)C1.I. The van der Waals surface area contributed by atoms with E-state index in [1.807, 2.05) is 14.0 Å². The van der Waals surface area contributed by atoms with Gasteiger partial charge in [0.05, 0.1) is 11.4 Å². The van der Waals surface area contributed by atoms with Crippen LogP contribution in [0.2, 0.25) is 0 Å². The topological polar surface area (TPSA) is 57.5 Å². The van der Waals surface area contributed by atoms with Crippen LogP contribution in [0.3, 0.4) is 0 Å². The summed E-state index contributed by atoms with van der Waals surface area (Å²) in [6.07, 6.45) is 2.12. The number of benzene rings is 1. The van der Waals surface area contributed by atoms with Crippen molar-refractivity contribution in [2.45, 2.75) is 39.3 Å². The Hall–Kier alpha value is -1.29. The summed E-state index contributed by atoms with van der Waals surface area (Å²) in [4.78, 5) is 6.79. The first-order valence-corrected chi connectivity index (χ1v) is 10.3. The second-order valence-electron chi connectivity index (χ2n) is 7.03. The molecule has 1 atom stereocenters. The number of hydrogen-bond acceptors (Lipinski definition) is 3. The summed E-state index contributed by atoms with van der Waals surface area (Å²) in [6, 6.07) is 10.9. The Kier molecular flexibility index (Phi) is 9.07. The van der Waals surface area contributed by atoms with Crippen LogP contribution in [0.1, 0.15) is 24.2 Å². The summed E-state index contributed by atoms with van der Waals surface area (Å²) in [7, 11) is 1.83. The number of rotatable bonds is 6. The van der Waals surface area contributed by atoms with E-state index in [4.69, 9.17) is 0 Å². The molecular weight excluding hydrogens is 531 g/mol. The van der Waals surface area contributed by atoms with Gasteiger partial charge in [-0.15, -0.1) is 24.0 Å². The van der Waals surface area contributed by atoms with E-state index in [0.29, 0.717) is 6.04 Å². The van der Waals surface area contributed by atoms with Gasteiger partial charge in [-0.25, -0.2) is 0 Å². The first kappa shape index (κ1) is 23.0. The Morgan fingerprint density at radius 1 is 1.32 bits per heavy atom. The molecular formula is C20H30BrIN6. The lowest BCUT2D eigenvalue weighted by molar-refractivity contribution is 0.552. The van der Waals surface area contributed by atoms with Crippen LogP contribution in [0.15, 0.2) is 39.8 Å². The summed E-state index contributed by atoms with van der Waals surface area (Å²) in [5.41, 5.74) is 3.55. The fraction of sp³-hybridized carbons (Fsp3) is 0.500. The summed E-state index contributed by atoms with van der Waals surface area (Å²) in [5, 5.41) is 11.5. The zero-order valence-corrected chi connectivity index (χ0v) is 20.7. The molecule has 0 radical (unpaired) electrons. The van der Waals surface area contributed by atoms with Crippen LogP contribution >= 0.6 is 39.9 Å². The third-order valence-electron chi connectivity index (χ3n) is 4.89. The number of guanidine groups is 1. The molecule has 28 heavy (non-hydrogen) atoms. The van der Waals surface area contributed by atoms with Crippen molar-refractivity contribution in [2.24, 2.45) is 4.99 Å². The number of aliphatic imine (C=N–C) groups is 1. The van der Waals surface area contributed by atoms with E-state index in [1.165, 1.54) is 11.4 Å². The number of anilines is 1.